The minimum Gasteiger partial charge on any atom is -0.375 e. The molecule has 1 atom stereocenters. The molecule has 0 amide bonds. The fraction of sp³-hybridized carbons (Fsp3) is 0.462. The summed E-state index contributed by atoms with van der Waals surface area (Å²) in [5.74, 6) is 0. The molecule has 3 rings (SSSR count). The van der Waals surface area contributed by atoms with Crippen LogP contribution in [-0.2, 0) is 4.74 Å². The van der Waals surface area contributed by atoms with Gasteiger partial charge in [0.2, 0.25) is 5.13 Å². The lowest BCUT2D eigenvalue weighted by Gasteiger charge is -2.31. The summed E-state index contributed by atoms with van der Waals surface area (Å²) in [5, 5.41) is 10.4. The molecule has 5 nitrogen and oxygen atoms in total. The second-order valence-corrected chi connectivity index (χ2v) is 5.41. The van der Waals surface area contributed by atoms with Crippen LogP contribution in [0.5, 0.6) is 0 Å². The zero-order chi connectivity index (χ0) is 13.1. The van der Waals surface area contributed by atoms with Crippen LogP contribution in [0, 0.1) is 0 Å². The van der Waals surface area contributed by atoms with E-state index in [1.54, 1.807) is 17.5 Å². The van der Waals surface area contributed by atoms with Crippen LogP contribution < -0.4 is 4.90 Å². The number of anilines is 1. The number of hydrogen-bond acceptors (Lipinski definition) is 6. The summed E-state index contributed by atoms with van der Waals surface area (Å²) in [6.07, 6.45) is 3.11. The fourth-order valence-corrected chi connectivity index (χ4v) is 2.93. The Morgan fingerprint density at radius 1 is 1.42 bits per heavy atom. The van der Waals surface area contributed by atoms with E-state index < -0.39 is 0 Å². The number of aromatic nitrogens is 3. The van der Waals surface area contributed by atoms with Crippen LogP contribution in [0.15, 0.2) is 24.4 Å². The first-order chi connectivity index (χ1) is 9.36. The summed E-state index contributed by atoms with van der Waals surface area (Å²) in [7, 11) is 0. The maximum Gasteiger partial charge on any atom is 0.208 e. The Balaban J connectivity index is 1.78. The molecule has 1 fully saturated rings. The van der Waals surface area contributed by atoms with Crippen LogP contribution >= 0.6 is 11.3 Å². The van der Waals surface area contributed by atoms with E-state index in [9.17, 15) is 0 Å². The van der Waals surface area contributed by atoms with E-state index in [-0.39, 0.29) is 0 Å². The first-order valence-corrected chi connectivity index (χ1v) is 7.30. The third-order valence-electron chi connectivity index (χ3n) is 3.16. The lowest BCUT2D eigenvalue weighted by molar-refractivity contribution is 0.0384. The third kappa shape index (κ3) is 2.74. The highest BCUT2D eigenvalue weighted by Crippen LogP contribution is 2.28. The molecule has 2 aromatic heterocycles. The molecule has 0 spiro atoms. The van der Waals surface area contributed by atoms with Crippen molar-refractivity contribution < 1.29 is 4.74 Å². The van der Waals surface area contributed by atoms with Crippen LogP contribution in [0.3, 0.4) is 0 Å². The molecule has 3 heterocycles. The molecule has 2 aromatic rings. The van der Waals surface area contributed by atoms with Crippen molar-refractivity contribution in [1.29, 1.82) is 0 Å². The topological polar surface area (TPSA) is 51.1 Å². The maximum absolute atomic E-state index is 5.67. The summed E-state index contributed by atoms with van der Waals surface area (Å²) >= 11 is 1.59. The Bertz CT molecular complexity index is 530. The number of nitrogens with zero attached hydrogens (tertiary/aromatic N) is 4. The second-order valence-electron chi connectivity index (χ2n) is 4.45. The van der Waals surface area contributed by atoms with E-state index in [0.717, 1.165) is 42.0 Å². The smallest absolute Gasteiger partial charge is 0.208 e. The minimum absolute atomic E-state index is 0.302. The highest BCUT2D eigenvalue weighted by Gasteiger charge is 2.22. The standard InChI is InChI=1S/C13H16N4OS/c1-2-10-9-17(7-8-18-10)13-16-15-12(19-13)11-5-3-4-6-14-11/h3-6,10H,2,7-9H2,1H3/t10-/m0/s1. The predicted molar refractivity (Wildman–Crippen MR) is 75.4 cm³/mol. The van der Waals surface area contributed by atoms with Crippen LogP contribution in [0.1, 0.15) is 13.3 Å². The van der Waals surface area contributed by atoms with Gasteiger partial charge in [-0.2, -0.15) is 0 Å². The zero-order valence-corrected chi connectivity index (χ0v) is 11.6. The summed E-state index contributed by atoms with van der Waals surface area (Å²) in [6, 6.07) is 5.82. The lowest BCUT2D eigenvalue weighted by atomic mass is 10.2. The molecular weight excluding hydrogens is 260 g/mol. The van der Waals surface area contributed by atoms with Crippen LogP contribution in [0.25, 0.3) is 10.7 Å². The van der Waals surface area contributed by atoms with Crippen molar-refractivity contribution in [1.82, 2.24) is 15.2 Å². The van der Waals surface area contributed by atoms with Crippen molar-refractivity contribution in [3.63, 3.8) is 0 Å². The summed E-state index contributed by atoms with van der Waals surface area (Å²) in [4.78, 5) is 6.56. The maximum atomic E-state index is 5.67. The van der Waals surface area contributed by atoms with Gasteiger partial charge in [0.05, 0.1) is 12.7 Å². The molecule has 0 aliphatic carbocycles. The van der Waals surface area contributed by atoms with Gasteiger partial charge in [0.1, 0.15) is 5.69 Å². The van der Waals surface area contributed by atoms with Gasteiger partial charge in [0.25, 0.3) is 0 Å². The number of rotatable bonds is 3. The third-order valence-corrected chi connectivity index (χ3v) is 4.17. The molecule has 0 aromatic carbocycles. The molecular formula is C13H16N4OS. The van der Waals surface area contributed by atoms with Gasteiger partial charge in [-0.15, -0.1) is 10.2 Å². The quantitative estimate of drug-likeness (QED) is 0.860. The van der Waals surface area contributed by atoms with E-state index in [2.05, 4.69) is 27.0 Å². The van der Waals surface area contributed by atoms with E-state index in [1.165, 1.54) is 0 Å². The molecule has 6 heteroatoms. The molecule has 1 saturated heterocycles. The molecule has 0 unspecified atom stereocenters. The van der Waals surface area contributed by atoms with Crippen molar-refractivity contribution in [2.75, 3.05) is 24.6 Å². The van der Waals surface area contributed by atoms with Gasteiger partial charge in [-0.3, -0.25) is 4.98 Å². The summed E-state index contributed by atoms with van der Waals surface area (Å²) < 4.78 is 5.67. The predicted octanol–water partition coefficient (Wildman–Crippen LogP) is 2.22. The van der Waals surface area contributed by atoms with Crippen molar-refractivity contribution in [3.05, 3.63) is 24.4 Å². The van der Waals surface area contributed by atoms with Gasteiger partial charge in [-0.1, -0.05) is 24.3 Å². The highest BCUT2D eigenvalue weighted by atomic mass is 32.1. The van der Waals surface area contributed by atoms with Crippen molar-refractivity contribution in [3.8, 4) is 10.7 Å². The first kappa shape index (κ1) is 12.5. The highest BCUT2D eigenvalue weighted by molar-refractivity contribution is 7.18. The Kier molecular flexibility index (Phi) is 3.70. The minimum atomic E-state index is 0.302. The molecule has 0 saturated carbocycles. The molecule has 1 aliphatic heterocycles. The first-order valence-electron chi connectivity index (χ1n) is 6.48. The summed E-state index contributed by atoms with van der Waals surface area (Å²) in [6.45, 7) is 4.69. The van der Waals surface area contributed by atoms with Gasteiger partial charge in [0.15, 0.2) is 5.01 Å². The number of pyridine rings is 1. The van der Waals surface area contributed by atoms with Gasteiger partial charge in [-0.05, 0) is 18.6 Å². The molecule has 0 radical (unpaired) electrons. The van der Waals surface area contributed by atoms with E-state index in [4.69, 9.17) is 4.74 Å². The zero-order valence-electron chi connectivity index (χ0n) is 10.8. The van der Waals surface area contributed by atoms with Gasteiger partial charge < -0.3 is 9.64 Å². The van der Waals surface area contributed by atoms with Gasteiger partial charge in [0, 0.05) is 19.3 Å². The molecule has 19 heavy (non-hydrogen) atoms. The monoisotopic (exact) mass is 276 g/mol. The van der Waals surface area contributed by atoms with Gasteiger partial charge >= 0.3 is 0 Å². The molecule has 100 valence electrons. The fourth-order valence-electron chi connectivity index (χ4n) is 2.08. The Morgan fingerprint density at radius 2 is 2.37 bits per heavy atom. The van der Waals surface area contributed by atoms with Crippen molar-refractivity contribution in [2.45, 2.75) is 19.4 Å². The lowest BCUT2D eigenvalue weighted by Crippen LogP contribution is -2.42. The molecule has 0 N–H and O–H groups in total. The largest absolute Gasteiger partial charge is 0.375 e. The second kappa shape index (κ2) is 5.63. The summed E-state index contributed by atoms with van der Waals surface area (Å²) in [5.41, 5.74) is 0.881. The van der Waals surface area contributed by atoms with E-state index in [0.29, 0.717) is 6.10 Å². The van der Waals surface area contributed by atoms with E-state index in [1.807, 2.05) is 18.2 Å². The average molecular weight is 276 g/mol. The molecule has 0 bridgehead atoms. The van der Waals surface area contributed by atoms with Crippen LogP contribution in [0.2, 0.25) is 0 Å². The van der Waals surface area contributed by atoms with Gasteiger partial charge in [-0.25, -0.2) is 0 Å². The van der Waals surface area contributed by atoms with E-state index >= 15 is 0 Å². The Labute approximate surface area is 116 Å². The Morgan fingerprint density at radius 3 is 3.16 bits per heavy atom. The van der Waals surface area contributed by atoms with Crippen molar-refractivity contribution in [2.24, 2.45) is 0 Å². The van der Waals surface area contributed by atoms with Crippen molar-refractivity contribution >= 4 is 16.5 Å². The van der Waals surface area contributed by atoms with Crippen LogP contribution in [0.4, 0.5) is 5.13 Å². The SMILES string of the molecule is CC[C@H]1CN(c2nnc(-c3ccccn3)s2)CCO1. The average Bonchev–Trinajstić information content (AvgIpc) is 2.98. The molecule has 1 aliphatic rings. The Hall–Kier alpha value is -1.53. The number of ether oxygens (including phenoxy) is 1. The number of morpholine rings is 1. The van der Waals surface area contributed by atoms with Crippen LogP contribution in [-0.4, -0.2) is 41.0 Å². The normalized spacial score (nSPS) is 19.6. The number of hydrogen-bond donors (Lipinski definition) is 0.